The molecule has 0 atom stereocenters. The molecule has 2 nitrogen and oxygen atoms in total. The van der Waals surface area contributed by atoms with E-state index in [1.54, 1.807) is 12.1 Å². The summed E-state index contributed by atoms with van der Waals surface area (Å²) in [5, 5.41) is 13.1. The molecule has 1 saturated carbocycles. The van der Waals surface area contributed by atoms with Crippen LogP contribution < -0.4 is 5.32 Å². The molecule has 3 heteroatoms. The fourth-order valence-corrected chi connectivity index (χ4v) is 1.54. The standard InChI is InChI=1S/C11H14ClNO/c1-11(4-5-11)13-7-8-2-3-10(14)9(12)6-8/h2-3,6,13-14H,4-5,7H2,1H3. The minimum Gasteiger partial charge on any atom is -0.506 e. The fourth-order valence-electron chi connectivity index (χ4n) is 1.34. The lowest BCUT2D eigenvalue weighted by Gasteiger charge is -2.11. The van der Waals surface area contributed by atoms with E-state index in [4.69, 9.17) is 11.6 Å². The van der Waals surface area contributed by atoms with Crippen LogP contribution in [0.25, 0.3) is 0 Å². The average molecular weight is 212 g/mol. The third-order valence-corrected chi connectivity index (χ3v) is 3.03. The van der Waals surface area contributed by atoms with Crippen LogP contribution in [-0.4, -0.2) is 10.6 Å². The van der Waals surface area contributed by atoms with Gasteiger partial charge in [0.15, 0.2) is 0 Å². The first-order valence-electron chi connectivity index (χ1n) is 4.81. The molecule has 0 saturated heterocycles. The van der Waals surface area contributed by atoms with Gasteiger partial charge in [-0.15, -0.1) is 0 Å². The van der Waals surface area contributed by atoms with Crippen LogP contribution in [0.5, 0.6) is 5.75 Å². The van der Waals surface area contributed by atoms with Crippen LogP contribution >= 0.6 is 11.6 Å². The summed E-state index contributed by atoms with van der Waals surface area (Å²) in [5.41, 5.74) is 1.45. The van der Waals surface area contributed by atoms with Crippen molar-refractivity contribution in [3.63, 3.8) is 0 Å². The molecule has 0 radical (unpaired) electrons. The van der Waals surface area contributed by atoms with Crippen molar-refractivity contribution >= 4 is 11.6 Å². The van der Waals surface area contributed by atoms with Gasteiger partial charge >= 0.3 is 0 Å². The van der Waals surface area contributed by atoms with Crippen molar-refractivity contribution in [2.24, 2.45) is 0 Å². The zero-order valence-electron chi connectivity index (χ0n) is 8.18. The molecule has 1 aromatic carbocycles. The van der Waals surface area contributed by atoms with E-state index in [-0.39, 0.29) is 5.75 Å². The number of aromatic hydroxyl groups is 1. The molecule has 0 aliphatic heterocycles. The van der Waals surface area contributed by atoms with Gasteiger partial charge in [0.2, 0.25) is 0 Å². The lowest BCUT2D eigenvalue weighted by Crippen LogP contribution is -2.26. The van der Waals surface area contributed by atoms with Gasteiger partial charge in [0, 0.05) is 12.1 Å². The average Bonchev–Trinajstić information content (AvgIpc) is 2.87. The van der Waals surface area contributed by atoms with E-state index in [1.165, 1.54) is 12.8 Å². The Hall–Kier alpha value is -0.730. The third-order valence-electron chi connectivity index (χ3n) is 2.73. The molecule has 0 heterocycles. The molecule has 0 amide bonds. The molecule has 2 rings (SSSR count). The summed E-state index contributed by atoms with van der Waals surface area (Å²) >= 11 is 5.80. The van der Waals surface area contributed by atoms with E-state index in [1.807, 2.05) is 6.07 Å². The van der Waals surface area contributed by atoms with Crippen LogP contribution in [0.1, 0.15) is 25.3 Å². The Morgan fingerprint density at radius 3 is 2.79 bits per heavy atom. The highest BCUT2D eigenvalue weighted by Gasteiger charge is 2.36. The Bertz CT molecular complexity index is 347. The van der Waals surface area contributed by atoms with Gasteiger partial charge in [0.05, 0.1) is 5.02 Å². The van der Waals surface area contributed by atoms with Gasteiger partial charge in [-0.25, -0.2) is 0 Å². The second-order valence-electron chi connectivity index (χ2n) is 4.20. The number of hydrogen-bond acceptors (Lipinski definition) is 2. The Morgan fingerprint density at radius 2 is 2.21 bits per heavy atom. The Balaban J connectivity index is 1.99. The monoisotopic (exact) mass is 211 g/mol. The van der Waals surface area contributed by atoms with E-state index in [9.17, 15) is 5.11 Å². The largest absolute Gasteiger partial charge is 0.506 e. The van der Waals surface area contributed by atoms with Gasteiger partial charge in [0.25, 0.3) is 0 Å². The molecule has 0 spiro atoms. The second-order valence-corrected chi connectivity index (χ2v) is 4.61. The lowest BCUT2D eigenvalue weighted by atomic mass is 10.2. The maximum atomic E-state index is 9.23. The minimum atomic E-state index is 0.146. The molecule has 14 heavy (non-hydrogen) atoms. The number of phenolic OH excluding ortho intramolecular Hbond substituents is 1. The van der Waals surface area contributed by atoms with Gasteiger partial charge in [-0.3, -0.25) is 0 Å². The number of rotatable bonds is 3. The van der Waals surface area contributed by atoms with Gasteiger partial charge in [-0.2, -0.15) is 0 Å². The first-order chi connectivity index (χ1) is 6.59. The quantitative estimate of drug-likeness (QED) is 0.806. The molecule has 2 N–H and O–H groups in total. The van der Waals surface area contributed by atoms with Gasteiger partial charge in [0.1, 0.15) is 5.75 Å². The number of phenols is 1. The van der Waals surface area contributed by atoms with Crippen molar-refractivity contribution in [1.82, 2.24) is 5.32 Å². The highest BCUT2D eigenvalue weighted by molar-refractivity contribution is 6.32. The lowest BCUT2D eigenvalue weighted by molar-refractivity contribution is 0.475. The molecule has 1 aliphatic carbocycles. The molecule has 0 aromatic heterocycles. The molecular formula is C11H14ClNO. The summed E-state index contributed by atoms with van der Waals surface area (Å²) in [4.78, 5) is 0. The van der Waals surface area contributed by atoms with Crippen molar-refractivity contribution in [1.29, 1.82) is 0 Å². The van der Waals surface area contributed by atoms with Crippen molar-refractivity contribution in [2.45, 2.75) is 31.8 Å². The first-order valence-corrected chi connectivity index (χ1v) is 5.19. The Kier molecular flexibility index (Phi) is 2.41. The zero-order chi connectivity index (χ0) is 10.2. The number of hydrogen-bond donors (Lipinski definition) is 2. The molecular weight excluding hydrogens is 198 g/mol. The van der Waals surface area contributed by atoms with Gasteiger partial charge in [-0.05, 0) is 37.5 Å². The van der Waals surface area contributed by atoms with Crippen molar-refractivity contribution < 1.29 is 5.11 Å². The smallest absolute Gasteiger partial charge is 0.134 e. The van der Waals surface area contributed by atoms with Gasteiger partial charge < -0.3 is 10.4 Å². The highest BCUT2D eigenvalue weighted by Crippen LogP contribution is 2.34. The van der Waals surface area contributed by atoms with Crippen molar-refractivity contribution in [3.05, 3.63) is 28.8 Å². The van der Waals surface area contributed by atoms with E-state index >= 15 is 0 Å². The van der Waals surface area contributed by atoms with Crippen LogP contribution in [-0.2, 0) is 6.54 Å². The van der Waals surface area contributed by atoms with Crippen molar-refractivity contribution in [2.75, 3.05) is 0 Å². The van der Waals surface area contributed by atoms with E-state index in [2.05, 4.69) is 12.2 Å². The Morgan fingerprint density at radius 1 is 1.50 bits per heavy atom. The first kappa shape index (κ1) is 9.81. The topological polar surface area (TPSA) is 32.3 Å². The molecule has 76 valence electrons. The van der Waals surface area contributed by atoms with E-state index in [0.29, 0.717) is 10.6 Å². The summed E-state index contributed by atoms with van der Waals surface area (Å²) < 4.78 is 0. The molecule has 1 fully saturated rings. The predicted octanol–water partition coefficient (Wildman–Crippen LogP) is 2.69. The number of benzene rings is 1. The van der Waals surface area contributed by atoms with Crippen LogP contribution in [0, 0.1) is 0 Å². The SMILES string of the molecule is CC1(NCc2ccc(O)c(Cl)c2)CC1. The third kappa shape index (κ3) is 2.20. The second kappa shape index (κ2) is 3.44. The van der Waals surface area contributed by atoms with Gasteiger partial charge in [-0.1, -0.05) is 17.7 Å². The summed E-state index contributed by atoms with van der Waals surface area (Å²) in [6.45, 7) is 3.03. The maximum Gasteiger partial charge on any atom is 0.134 e. The summed E-state index contributed by atoms with van der Waals surface area (Å²) in [6, 6.07) is 5.32. The van der Waals surface area contributed by atoms with Crippen LogP contribution in [0.4, 0.5) is 0 Å². The summed E-state index contributed by atoms with van der Waals surface area (Å²) in [6.07, 6.45) is 2.50. The molecule has 0 bridgehead atoms. The Labute approximate surface area is 88.9 Å². The maximum absolute atomic E-state index is 9.23. The highest BCUT2D eigenvalue weighted by atomic mass is 35.5. The summed E-state index contributed by atoms with van der Waals surface area (Å²) in [7, 11) is 0. The fraction of sp³-hybridized carbons (Fsp3) is 0.455. The number of halogens is 1. The van der Waals surface area contributed by atoms with E-state index in [0.717, 1.165) is 12.1 Å². The zero-order valence-corrected chi connectivity index (χ0v) is 8.93. The minimum absolute atomic E-state index is 0.146. The predicted molar refractivity (Wildman–Crippen MR) is 57.6 cm³/mol. The molecule has 0 unspecified atom stereocenters. The summed E-state index contributed by atoms with van der Waals surface area (Å²) in [5.74, 6) is 0.146. The van der Waals surface area contributed by atoms with Crippen LogP contribution in [0.3, 0.4) is 0 Å². The van der Waals surface area contributed by atoms with Crippen LogP contribution in [0.15, 0.2) is 18.2 Å². The van der Waals surface area contributed by atoms with Crippen molar-refractivity contribution in [3.8, 4) is 5.75 Å². The molecule has 1 aromatic rings. The normalized spacial score (nSPS) is 18.1. The molecule has 1 aliphatic rings. The van der Waals surface area contributed by atoms with E-state index < -0.39 is 0 Å². The number of nitrogens with one attached hydrogen (secondary N) is 1. The van der Waals surface area contributed by atoms with Crippen LogP contribution in [0.2, 0.25) is 5.02 Å².